The molecule has 0 unspecified atom stereocenters. The predicted molar refractivity (Wildman–Crippen MR) is 53.0 cm³/mol. The van der Waals surface area contributed by atoms with Gasteiger partial charge < -0.3 is 0 Å². The quantitative estimate of drug-likeness (QED) is 0.399. The van der Waals surface area contributed by atoms with E-state index in [1.165, 1.54) is 6.20 Å². The van der Waals surface area contributed by atoms with E-state index in [1.54, 1.807) is 24.4 Å². The lowest BCUT2D eigenvalue weighted by Crippen LogP contribution is -1.93. The van der Waals surface area contributed by atoms with Gasteiger partial charge in [-0.1, -0.05) is 0 Å². The summed E-state index contributed by atoms with van der Waals surface area (Å²) in [4.78, 5) is 21.7. The van der Waals surface area contributed by atoms with E-state index in [4.69, 9.17) is 5.53 Å². The standard InChI is InChI=1S/C9H5N5O/c10-14-13-9(15)6-1-2-7-8(5-6)12-4-3-11-7/h1-5H. The van der Waals surface area contributed by atoms with Crippen molar-refractivity contribution in [1.29, 1.82) is 0 Å². The number of carbonyl (C=O) groups excluding carboxylic acids is 1. The maximum atomic E-state index is 11.2. The summed E-state index contributed by atoms with van der Waals surface area (Å²) in [5.41, 5.74) is 9.71. The lowest BCUT2D eigenvalue weighted by atomic mass is 10.2. The summed E-state index contributed by atoms with van der Waals surface area (Å²) in [5, 5.41) is 3.00. The molecule has 0 radical (unpaired) electrons. The van der Waals surface area contributed by atoms with Crippen molar-refractivity contribution < 1.29 is 4.79 Å². The highest BCUT2D eigenvalue weighted by Gasteiger charge is 2.04. The Balaban J connectivity index is 2.56. The van der Waals surface area contributed by atoms with Crippen LogP contribution in [0.3, 0.4) is 0 Å². The lowest BCUT2D eigenvalue weighted by molar-refractivity contribution is 0.100. The van der Waals surface area contributed by atoms with Crippen molar-refractivity contribution in [3.8, 4) is 0 Å². The summed E-state index contributed by atoms with van der Waals surface area (Å²) in [7, 11) is 0. The highest BCUT2D eigenvalue weighted by Crippen LogP contribution is 2.11. The maximum Gasteiger partial charge on any atom is 0.249 e. The van der Waals surface area contributed by atoms with Gasteiger partial charge in [-0.25, -0.2) is 0 Å². The van der Waals surface area contributed by atoms with Crippen LogP contribution in [0.4, 0.5) is 0 Å². The van der Waals surface area contributed by atoms with Gasteiger partial charge in [-0.05, 0) is 28.8 Å². The van der Waals surface area contributed by atoms with Crippen molar-refractivity contribution in [2.75, 3.05) is 0 Å². The number of amides is 1. The molecule has 0 saturated carbocycles. The molecule has 1 aromatic heterocycles. The van der Waals surface area contributed by atoms with E-state index in [0.29, 0.717) is 16.6 Å². The van der Waals surface area contributed by atoms with E-state index >= 15 is 0 Å². The van der Waals surface area contributed by atoms with Crippen LogP contribution in [0.1, 0.15) is 10.4 Å². The maximum absolute atomic E-state index is 11.2. The van der Waals surface area contributed by atoms with Gasteiger partial charge in [-0.3, -0.25) is 14.8 Å². The molecule has 72 valence electrons. The van der Waals surface area contributed by atoms with Gasteiger partial charge in [0.25, 0.3) is 0 Å². The fourth-order valence-electron chi connectivity index (χ4n) is 1.19. The first kappa shape index (κ1) is 9.11. The Labute approximate surface area is 84.2 Å². The van der Waals surface area contributed by atoms with Gasteiger partial charge in [-0.2, -0.15) is 0 Å². The Hall–Kier alpha value is -2.46. The molecule has 0 N–H and O–H groups in total. The number of fused-ring (bicyclic) bond motifs is 1. The molecule has 0 aliphatic carbocycles. The first-order chi connectivity index (χ1) is 7.31. The number of rotatable bonds is 1. The summed E-state index contributed by atoms with van der Waals surface area (Å²) in [6.07, 6.45) is 3.10. The van der Waals surface area contributed by atoms with Crippen LogP contribution in [0.5, 0.6) is 0 Å². The molecule has 1 heterocycles. The van der Waals surface area contributed by atoms with E-state index in [-0.39, 0.29) is 0 Å². The van der Waals surface area contributed by atoms with Crippen molar-refractivity contribution in [3.05, 3.63) is 46.6 Å². The fraction of sp³-hybridized carbons (Fsp3) is 0. The average Bonchev–Trinajstić information content (AvgIpc) is 2.29. The van der Waals surface area contributed by atoms with Gasteiger partial charge in [0.1, 0.15) is 0 Å². The zero-order valence-corrected chi connectivity index (χ0v) is 7.53. The Bertz CT molecular complexity index is 573. The third-order valence-electron chi connectivity index (χ3n) is 1.85. The second-order valence-electron chi connectivity index (χ2n) is 2.75. The third-order valence-corrected chi connectivity index (χ3v) is 1.85. The van der Waals surface area contributed by atoms with Crippen LogP contribution in [0.2, 0.25) is 0 Å². The number of azide groups is 1. The molecule has 1 amide bonds. The van der Waals surface area contributed by atoms with Crippen molar-refractivity contribution in [1.82, 2.24) is 9.97 Å². The van der Waals surface area contributed by atoms with Crippen LogP contribution >= 0.6 is 0 Å². The summed E-state index contributed by atoms with van der Waals surface area (Å²) >= 11 is 0. The summed E-state index contributed by atoms with van der Waals surface area (Å²) in [6.45, 7) is 0. The highest BCUT2D eigenvalue weighted by atomic mass is 16.1. The van der Waals surface area contributed by atoms with Crippen LogP contribution in [0.15, 0.2) is 35.7 Å². The SMILES string of the molecule is [N-]=[N+]=NC(=O)c1ccc2nccnc2c1. The average molecular weight is 199 g/mol. The van der Waals surface area contributed by atoms with E-state index in [1.807, 2.05) is 0 Å². The van der Waals surface area contributed by atoms with Crippen LogP contribution in [-0.4, -0.2) is 15.9 Å². The Morgan fingerprint density at radius 2 is 2.00 bits per heavy atom. The number of hydrogen-bond donors (Lipinski definition) is 0. The molecule has 2 rings (SSSR count). The van der Waals surface area contributed by atoms with Crippen molar-refractivity contribution >= 4 is 16.9 Å². The molecule has 0 bridgehead atoms. The number of nitrogens with zero attached hydrogens (tertiary/aromatic N) is 5. The zero-order chi connectivity index (χ0) is 10.7. The second-order valence-corrected chi connectivity index (χ2v) is 2.75. The minimum absolute atomic E-state index is 0.306. The molecular formula is C9H5N5O. The molecule has 0 aliphatic rings. The Morgan fingerprint density at radius 1 is 1.27 bits per heavy atom. The topological polar surface area (TPSA) is 91.6 Å². The number of aromatic nitrogens is 2. The molecule has 0 aliphatic heterocycles. The molecular weight excluding hydrogens is 194 g/mol. The highest BCUT2D eigenvalue weighted by molar-refractivity contribution is 5.97. The zero-order valence-electron chi connectivity index (χ0n) is 7.53. The molecule has 1 aromatic carbocycles. The Morgan fingerprint density at radius 3 is 2.73 bits per heavy atom. The minimum atomic E-state index is -0.620. The van der Waals surface area contributed by atoms with Gasteiger partial charge in [0.2, 0.25) is 5.91 Å². The normalized spacial score (nSPS) is 9.60. The molecule has 0 fully saturated rings. The van der Waals surface area contributed by atoms with Crippen molar-refractivity contribution in [3.63, 3.8) is 0 Å². The molecule has 2 aromatic rings. The van der Waals surface area contributed by atoms with E-state index in [9.17, 15) is 4.79 Å². The van der Waals surface area contributed by atoms with E-state index in [0.717, 1.165) is 0 Å². The number of carbonyl (C=O) groups is 1. The van der Waals surface area contributed by atoms with Gasteiger partial charge >= 0.3 is 0 Å². The van der Waals surface area contributed by atoms with Gasteiger partial charge in [-0.15, -0.1) is 0 Å². The van der Waals surface area contributed by atoms with Crippen LogP contribution < -0.4 is 0 Å². The summed E-state index contributed by atoms with van der Waals surface area (Å²) in [6, 6.07) is 4.75. The van der Waals surface area contributed by atoms with E-state index in [2.05, 4.69) is 20.0 Å². The molecule has 15 heavy (non-hydrogen) atoms. The minimum Gasteiger partial charge on any atom is -0.287 e. The van der Waals surface area contributed by atoms with Gasteiger partial charge in [0.15, 0.2) is 0 Å². The predicted octanol–water partition coefficient (Wildman–Crippen LogP) is 2.08. The van der Waals surface area contributed by atoms with Crippen molar-refractivity contribution in [2.24, 2.45) is 5.11 Å². The second kappa shape index (κ2) is 3.73. The molecule has 0 spiro atoms. The fourth-order valence-corrected chi connectivity index (χ4v) is 1.19. The largest absolute Gasteiger partial charge is 0.287 e. The van der Waals surface area contributed by atoms with Crippen LogP contribution in [-0.2, 0) is 0 Å². The monoisotopic (exact) mass is 199 g/mol. The Kier molecular flexibility index (Phi) is 2.26. The molecule has 6 nitrogen and oxygen atoms in total. The van der Waals surface area contributed by atoms with Gasteiger partial charge in [0, 0.05) is 22.9 Å². The third kappa shape index (κ3) is 1.74. The van der Waals surface area contributed by atoms with Gasteiger partial charge in [0.05, 0.1) is 11.0 Å². The van der Waals surface area contributed by atoms with Crippen LogP contribution in [0.25, 0.3) is 21.5 Å². The molecule has 6 heteroatoms. The summed E-state index contributed by atoms with van der Waals surface area (Å²) < 4.78 is 0. The molecule has 0 saturated heterocycles. The van der Waals surface area contributed by atoms with Crippen LogP contribution in [0, 0.1) is 0 Å². The smallest absolute Gasteiger partial charge is 0.249 e. The number of hydrogen-bond acceptors (Lipinski definition) is 3. The summed E-state index contributed by atoms with van der Waals surface area (Å²) in [5.74, 6) is -0.620. The first-order valence-electron chi connectivity index (χ1n) is 4.11. The first-order valence-corrected chi connectivity index (χ1v) is 4.11. The lowest BCUT2D eigenvalue weighted by Gasteiger charge is -1.97. The van der Waals surface area contributed by atoms with E-state index < -0.39 is 5.91 Å². The molecule has 0 atom stereocenters. The number of benzene rings is 1. The van der Waals surface area contributed by atoms with Crippen molar-refractivity contribution in [2.45, 2.75) is 0 Å².